The molecule has 11 heavy (non-hydrogen) atoms. The zero-order valence-corrected chi connectivity index (χ0v) is 8.26. The molecule has 0 unspecified atom stereocenters. The molecular weight excluding hydrogens is 202 g/mol. The third-order valence-corrected chi connectivity index (χ3v) is 2.34. The summed E-state index contributed by atoms with van der Waals surface area (Å²) in [7, 11) is 0. The van der Waals surface area contributed by atoms with Crippen molar-refractivity contribution in [3.05, 3.63) is 33.3 Å². The molecule has 0 saturated heterocycles. The standard InChI is InChI=1S/C8H7Cl3/c1-5-2-6(10)3-8(11)7(5)4-9/h2-3H,4H2,1H3. The molecule has 0 bridgehead atoms. The van der Waals surface area contributed by atoms with Crippen molar-refractivity contribution in [3.8, 4) is 0 Å². The fraction of sp³-hybridized carbons (Fsp3) is 0.250. The Bertz CT molecular complexity index is 245. The highest BCUT2D eigenvalue weighted by molar-refractivity contribution is 6.35. The molecule has 0 radical (unpaired) electrons. The molecule has 3 heteroatoms. The first-order valence-corrected chi connectivity index (χ1v) is 4.44. The normalized spacial score (nSPS) is 10.2. The monoisotopic (exact) mass is 208 g/mol. The largest absolute Gasteiger partial charge is 0.121 e. The van der Waals surface area contributed by atoms with Crippen molar-refractivity contribution in [2.24, 2.45) is 0 Å². The van der Waals surface area contributed by atoms with Crippen LogP contribution >= 0.6 is 34.8 Å². The Hall–Kier alpha value is 0.0900. The van der Waals surface area contributed by atoms with Crippen LogP contribution in [0.3, 0.4) is 0 Å². The van der Waals surface area contributed by atoms with Gasteiger partial charge in [-0.3, -0.25) is 0 Å². The minimum atomic E-state index is 0.432. The van der Waals surface area contributed by atoms with E-state index in [1.807, 2.05) is 13.0 Å². The number of rotatable bonds is 1. The maximum atomic E-state index is 5.87. The molecule has 0 aliphatic rings. The number of aryl methyl sites for hydroxylation is 1. The molecule has 1 aromatic rings. The quantitative estimate of drug-likeness (QED) is 0.613. The van der Waals surface area contributed by atoms with Crippen molar-refractivity contribution in [1.29, 1.82) is 0 Å². The topological polar surface area (TPSA) is 0 Å². The van der Waals surface area contributed by atoms with Crippen LogP contribution in [0.15, 0.2) is 12.1 Å². The van der Waals surface area contributed by atoms with Gasteiger partial charge in [0.05, 0.1) is 0 Å². The van der Waals surface area contributed by atoms with Crippen LogP contribution in [0, 0.1) is 6.92 Å². The molecule has 0 saturated carbocycles. The first-order chi connectivity index (χ1) is 5.15. The predicted molar refractivity (Wildman–Crippen MR) is 50.8 cm³/mol. The van der Waals surface area contributed by atoms with Gasteiger partial charge in [0, 0.05) is 15.9 Å². The van der Waals surface area contributed by atoms with E-state index in [1.54, 1.807) is 6.07 Å². The Kier molecular flexibility index (Phi) is 3.06. The molecule has 0 amide bonds. The van der Waals surface area contributed by atoms with Crippen LogP contribution in [-0.2, 0) is 5.88 Å². The van der Waals surface area contributed by atoms with Gasteiger partial charge in [0.1, 0.15) is 0 Å². The van der Waals surface area contributed by atoms with Gasteiger partial charge < -0.3 is 0 Å². The van der Waals surface area contributed by atoms with E-state index in [0.717, 1.165) is 11.1 Å². The van der Waals surface area contributed by atoms with E-state index in [4.69, 9.17) is 34.8 Å². The molecule has 0 nitrogen and oxygen atoms in total. The van der Waals surface area contributed by atoms with Crippen LogP contribution in [0.25, 0.3) is 0 Å². The first-order valence-electron chi connectivity index (χ1n) is 3.15. The van der Waals surface area contributed by atoms with Crippen molar-refractivity contribution in [1.82, 2.24) is 0 Å². The maximum Gasteiger partial charge on any atom is 0.0491 e. The second-order valence-electron chi connectivity index (χ2n) is 2.32. The van der Waals surface area contributed by atoms with Gasteiger partial charge in [-0.05, 0) is 30.2 Å². The van der Waals surface area contributed by atoms with E-state index in [-0.39, 0.29) is 0 Å². The third kappa shape index (κ3) is 2.02. The van der Waals surface area contributed by atoms with Gasteiger partial charge in [0.15, 0.2) is 0 Å². The summed E-state index contributed by atoms with van der Waals surface area (Å²) in [6.07, 6.45) is 0. The lowest BCUT2D eigenvalue weighted by molar-refractivity contribution is 1.30. The molecule has 0 heterocycles. The van der Waals surface area contributed by atoms with Gasteiger partial charge in [-0.25, -0.2) is 0 Å². The summed E-state index contributed by atoms with van der Waals surface area (Å²) in [5.41, 5.74) is 2.00. The summed E-state index contributed by atoms with van der Waals surface area (Å²) in [5, 5.41) is 1.30. The summed E-state index contributed by atoms with van der Waals surface area (Å²) in [6, 6.07) is 3.55. The highest BCUT2D eigenvalue weighted by Gasteiger charge is 2.03. The van der Waals surface area contributed by atoms with Gasteiger partial charge in [0.2, 0.25) is 0 Å². The van der Waals surface area contributed by atoms with Gasteiger partial charge in [-0.1, -0.05) is 23.2 Å². The fourth-order valence-corrected chi connectivity index (χ4v) is 1.99. The number of hydrogen-bond donors (Lipinski definition) is 0. The number of halogens is 3. The summed E-state index contributed by atoms with van der Waals surface area (Å²) in [4.78, 5) is 0. The highest BCUT2D eigenvalue weighted by Crippen LogP contribution is 2.25. The smallest absolute Gasteiger partial charge is 0.0491 e. The van der Waals surface area contributed by atoms with Gasteiger partial charge in [-0.15, -0.1) is 11.6 Å². The average molecular weight is 210 g/mol. The predicted octanol–water partition coefficient (Wildman–Crippen LogP) is 4.04. The van der Waals surface area contributed by atoms with Gasteiger partial charge in [0.25, 0.3) is 0 Å². The van der Waals surface area contributed by atoms with Crippen molar-refractivity contribution >= 4 is 34.8 Å². The summed E-state index contributed by atoms with van der Waals surface area (Å²) < 4.78 is 0. The molecule has 0 atom stereocenters. The van der Waals surface area contributed by atoms with Crippen molar-refractivity contribution < 1.29 is 0 Å². The molecule has 0 fully saturated rings. The Morgan fingerprint density at radius 2 is 1.91 bits per heavy atom. The number of alkyl halides is 1. The second kappa shape index (κ2) is 3.66. The van der Waals surface area contributed by atoms with Gasteiger partial charge in [-0.2, -0.15) is 0 Å². The minimum absolute atomic E-state index is 0.432. The Morgan fingerprint density at radius 3 is 2.36 bits per heavy atom. The zero-order chi connectivity index (χ0) is 8.43. The van der Waals surface area contributed by atoms with E-state index in [2.05, 4.69) is 0 Å². The van der Waals surface area contributed by atoms with Crippen LogP contribution < -0.4 is 0 Å². The van der Waals surface area contributed by atoms with Crippen LogP contribution in [0.4, 0.5) is 0 Å². The summed E-state index contributed by atoms with van der Waals surface area (Å²) >= 11 is 17.3. The van der Waals surface area contributed by atoms with Crippen molar-refractivity contribution in [2.45, 2.75) is 12.8 Å². The Morgan fingerprint density at radius 1 is 1.27 bits per heavy atom. The second-order valence-corrected chi connectivity index (χ2v) is 3.43. The minimum Gasteiger partial charge on any atom is -0.121 e. The Labute approximate surface area is 81.1 Å². The molecule has 0 aliphatic carbocycles. The summed E-state index contributed by atoms with van der Waals surface area (Å²) in [6.45, 7) is 1.94. The summed E-state index contributed by atoms with van der Waals surface area (Å²) in [5.74, 6) is 0.432. The lowest BCUT2D eigenvalue weighted by Crippen LogP contribution is -1.85. The van der Waals surface area contributed by atoms with Crippen LogP contribution in [0.2, 0.25) is 10.0 Å². The van der Waals surface area contributed by atoms with E-state index in [1.165, 1.54) is 0 Å². The average Bonchev–Trinajstić information content (AvgIpc) is 1.85. The zero-order valence-electron chi connectivity index (χ0n) is 6.00. The molecule has 0 N–H and O–H groups in total. The van der Waals surface area contributed by atoms with Crippen molar-refractivity contribution in [2.75, 3.05) is 0 Å². The molecule has 0 aromatic heterocycles. The number of benzene rings is 1. The van der Waals surface area contributed by atoms with E-state index >= 15 is 0 Å². The van der Waals surface area contributed by atoms with Crippen LogP contribution in [0.1, 0.15) is 11.1 Å². The SMILES string of the molecule is Cc1cc(Cl)cc(Cl)c1CCl. The molecule has 1 aromatic carbocycles. The molecular formula is C8H7Cl3. The molecule has 0 spiro atoms. The van der Waals surface area contributed by atoms with E-state index in [0.29, 0.717) is 15.9 Å². The van der Waals surface area contributed by atoms with E-state index < -0.39 is 0 Å². The van der Waals surface area contributed by atoms with Gasteiger partial charge >= 0.3 is 0 Å². The third-order valence-electron chi connectivity index (χ3n) is 1.52. The number of hydrogen-bond acceptors (Lipinski definition) is 0. The molecule has 60 valence electrons. The van der Waals surface area contributed by atoms with E-state index in [9.17, 15) is 0 Å². The molecule has 1 rings (SSSR count). The highest BCUT2D eigenvalue weighted by atomic mass is 35.5. The van der Waals surface area contributed by atoms with Crippen molar-refractivity contribution in [3.63, 3.8) is 0 Å². The lowest BCUT2D eigenvalue weighted by atomic mass is 10.1. The maximum absolute atomic E-state index is 5.87. The fourth-order valence-electron chi connectivity index (χ4n) is 0.901. The molecule has 0 aliphatic heterocycles. The first kappa shape index (κ1) is 9.18. The Balaban J connectivity index is 3.25. The van der Waals surface area contributed by atoms with Crippen LogP contribution in [0.5, 0.6) is 0 Å². The lowest BCUT2D eigenvalue weighted by Gasteiger charge is -2.04. The van der Waals surface area contributed by atoms with Crippen LogP contribution in [-0.4, -0.2) is 0 Å².